The number of sulfonamides is 1. The molecule has 0 aliphatic carbocycles. The maximum atomic E-state index is 14.1. The van der Waals surface area contributed by atoms with Gasteiger partial charge in [-0.1, -0.05) is 71.6 Å². The molecule has 0 aliphatic heterocycles. The summed E-state index contributed by atoms with van der Waals surface area (Å²) in [5, 5.41) is 3.84. The zero-order chi connectivity index (χ0) is 30.5. The minimum atomic E-state index is -4.22. The van der Waals surface area contributed by atoms with E-state index >= 15 is 0 Å². The Kier molecular flexibility index (Phi) is 11.1. The molecule has 0 spiro atoms. The number of carbonyl (C=O) groups is 2. The van der Waals surface area contributed by atoms with Gasteiger partial charge in [-0.3, -0.25) is 13.9 Å². The molecule has 3 aromatic rings. The van der Waals surface area contributed by atoms with Gasteiger partial charge >= 0.3 is 0 Å². The molecule has 0 saturated heterocycles. The van der Waals surface area contributed by atoms with Gasteiger partial charge in [0.2, 0.25) is 11.8 Å². The van der Waals surface area contributed by atoms with Crippen molar-refractivity contribution in [2.45, 2.75) is 64.6 Å². The number of aryl methyl sites for hydroxylation is 2. The lowest BCUT2D eigenvalue weighted by Crippen LogP contribution is -2.52. The number of hydrogen-bond donors (Lipinski definition) is 1. The molecule has 0 aliphatic rings. The number of hydrogen-bond acceptors (Lipinski definition) is 4. The van der Waals surface area contributed by atoms with Crippen molar-refractivity contribution in [3.63, 3.8) is 0 Å². The van der Waals surface area contributed by atoms with Crippen molar-refractivity contribution >= 4 is 62.3 Å². The van der Waals surface area contributed by atoms with E-state index in [1.165, 1.54) is 23.1 Å². The molecular weight excluding hydrogens is 605 g/mol. The molecule has 11 heteroatoms. The molecule has 2 unspecified atom stereocenters. The minimum absolute atomic E-state index is 0.0125. The number of anilines is 1. The zero-order valence-electron chi connectivity index (χ0n) is 23.6. The molecule has 0 saturated carbocycles. The standard InChI is InChI=1S/C30H34Cl3N3O4S/c1-6-21(4)34-30(38)22(5)35(17-25-26(32)8-7-9-27(25)33)29(37)18-36(28-16-23(31)13-12-20(28)3)41(39,40)24-14-10-19(2)11-15-24/h7-16,21-22H,6,17-18H2,1-5H3,(H,34,38). The molecule has 1 N–H and O–H groups in total. The number of halogens is 3. The van der Waals surface area contributed by atoms with E-state index in [0.29, 0.717) is 32.6 Å². The SMILES string of the molecule is CCC(C)NC(=O)C(C)N(Cc1c(Cl)cccc1Cl)C(=O)CN(c1cc(Cl)ccc1C)S(=O)(=O)c1ccc(C)cc1. The van der Waals surface area contributed by atoms with Gasteiger partial charge in [0.1, 0.15) is 12.6 Å². The summed E-state index contributed by atoms with van der Waals surface area (Å²) in [6.07, 6.45) is 0.694. The summed E-state index contributed by atoms with van der Waals surface area (Å²) in [7, 11) is -4.22. The lowest BCUT2D eigenvalue weighted by molar-refractivity contribution is -0.139. The molecule has 2 atom stereocenters. The van der Waals surface area contributed by atoms with Crippen molar-refractivity contribution in [2.24, 2.45) is 0 Å². The van der Waals surface area contributed by atoms with Crippen molar-refractivity contribution in [1.82, 2.24) is 10.2 Å². The molecule has 3 aromatic carbocycles. The Morgan fingerprint density at radius 3 is 2.12 bits per heavy atom. The average Bonchev–Trinajstić information content (AvgIpc) is 2.92. The van der Waals surface area contributed by atoms with Gasteiger partial charge in [0.15, 0.2) is 0 Å². The van der Waals surface area contributed by atoms with Gasteiger partial charge in [-0.05, 0) is 76.1 Å². The minimum Gasteiger partial charge on any atom is -0.352 e. The van der Waals surface area contributed by atoms with E-state index in [2.05, 4.69) is 5.32 Å². The van der Waals surface area contributed by atoms with Crippen molar-refractivity contribution in [3.8, 4) is 0 Å². The topological polar surface area (TPSA) is 86.8 Å². The molecule has 2 amide bonds. The second-order valence-corrected chi connectivity index (χ2v) is 13.1. The van der Waals surface area contributed by atoms with Gasteiger partial charge in [0.05, 0.1) is 10.6 Å². The molecule has 0 bridgehead atoms. The molecular formula is C30H34Cl3N3O4S. The van der Waals surface area contributed by atoms with Crippen LogP contribution in [0.4, 0.5) is 5.69 Å². The monoisotopic (exact) mass is 637 g/mol. The highest BCUT2D eigenvalue weighted by molar-refractivity contribution is 7.92. The van der Waals surface area contributed by atoms with Crippen LogP contribution in [0, 0.1) is 13.8 Å². The smallest absolute Gasteiger partial charge is 0.264 e. The summed E-state index contributed by atoms with van der Waals surface area (Å²) in [6.45, 7) is 8.26. The van der Waals surface area contributed by atoms with Crippen LogP contribution in [0.1, 0.15) is 43.9 Å². The number of carbonyl (C=O) groups excluding carboxylic acids is 2. The van der Waals surface area contributed by atoms with Crippen molar-refractivity contribution in [1.29, 1.82) is 0 Å². The van der Waals surface area contributed by atoms with E-state index in [0.717, 1.165) is 9.87 Å². The number of benzene rings is 3. The predicted octanol–water partition coefficient (Wildman–Crippen LogP) is 6.79. The Morgan fingerprint density at radius 1 is 0.927 bits per heavy atom. The maximum absolute atomic E-state index is 14.1. The lowest BCUT2D eigenvalue weighted by Gasteiger charge is -2.33. The van der Waals surface area contributed by atoms with Gasteiger partial charge in [-0.25, -0.2) is 8.42 Å². The maximum Gasteiger partial charge on any atom is 0.264 e. The number of nitrogens with one attached hydrogen (secondary N) is 1. The van der Waals surface area contributed by atoms with Gasteiger partial charge in [0, 0.05) is 33.2 Å². The fourth-order valence-electron chi connectivity index (χ4n) is 4.10. The normalized spacial score (nSPS) is 12.9. The van der Waals surface area contributed by atoms with Gasteiger partial charge in [0.25, 0.3) is 10.0 Å². The molecule has 0 radical (unpaired) electrons. The van der Waals surface area contributed by atoms with E-state index in [9.17, 15) is 18.0 Å². The molecule has 3 rings (SSSR count). The van der Waals surface area contributed by atoms with Crippen LogP contribution >= 0.6 is 34.8 Å². The van der Waals surface area contributed by atoms with Crippen molar-refractivity contribution in [3.05, 3.63) is 92.4 Å². The Hall–Kier alpha value is -2.78. The van der Waals surface area contributed by atoms with E-state index in [4.69, 9.17) is 34.8 Å². The third kappa shape index (κ3) is 7.95. The molecule has 220 valence electrons. The summed E-state index contributed by atoms with van der Waals surface area (Å²) in [5.41, 5.74) is 2.17. The Bertz CT molecular complexity index is 1490. The Morgan fingerprint density at radius 2 is 1.54 bits per heavy atom. The van der Waals surface area contributed by atoms with Gasteiger partial charge in [-0.15, -0.1) is 0 Å². The predicted molar refractivity (Wildman–Crippen MR) is 166 cm³/mol. The highest BCUT2D eigenvalue weighted by Crippen LogP contribution is 2.31. The third-order valence-electron chi connectivity index (χ3n) is 6.89. The Balaban J connectivity index is 2.11. The third-order valence-corrected chi connectivity index (χ3v) is 9.60. The summed E-state index contributed by atoms with van der Waals surface area (Å²) in [4.78, 5) is 28.6. The number of nitrogens with zero attached hydrogens (tertiary/aromatic N) is 2. The number of amides is 2. The molecule has 0 heterocycles. The zero-order valence-corrected chi connectivity index (χ0v) is 26.7. The Labute approximate surface area is 257 Å². The van der Waals surface area contributed by atoms with Crippen LogP contribution in [0.2, 0.25) is 15.1 Å². The summed E-state index contributed by atoms with van der Waals surface area (Å²) in [6, 6.07) is 15.0. The first-order valence-corrected chi connectivity index (χ1v) is 15.7. The molecule has 0 aromatic heterocycles. The first-order chi connectivity index (χ1) is 19.3. The van der Waals surface area contributed by atoms with Crippen LogP contribution in [-0.2, 0) is 26.2 Å². The second-order valence-electron chi connectivity index (χ2n) is 9.97. The fourth-order valence-corrected chi connectivity index (χ4v) is 6.26. The van der Waals surface area contributed by atoms with Crippen LogP contribution in [0.15, 0.2) is 65.6 Å². The highest BCUT2D eigenvalue weighted by atomic mass is 35.5. The average molecular weight is 639 g/mol. The highest BCUT2D eigenvalue weighted by Gasteiger charge is 2.34. The van der Waals surface area contributed by atoms with E-state index in [1.807, 2.05) is 20.8 Å². The number of rotatable bonds is 11. The van der Waals surface area contributed by atoms with Crippen LogP contribution < -0.4 is 9.62 Å². The summed E-state index contributed by atoms with van der Waals surface area (Å²) < 4.78 is 29.1. The quantitative estimate of drug-likeness (QED) is 0.251. The molecule has 41 heavy (non-hydrogen) atoms. The van der Waals surface area contributed by atoms with Crippen LogP contribution in [-0.4, -0.2) is 43.8 Å². The first kappa shape index (κ1) is 32.7. The summed E-state index contributed by atoms with van der Waals surface area (Å²) >= 11 is 19.1. The first-order valence-electron chi connectivity index (χ1n) is 13.1. The van der Waals surface area contributed by atoms with Crippen LogP contribution in [0.3, 0.4) is 0 Å². The van der Waals surface area contributed by atoms with Crippen LogP contribution in [0.5, 0.6) is 0 Å². The van der Waals surface area contributed by atoms with E-state index in [-0.39, 0.29) is 29.1 Å². The fraction of sp³-hybridized carbons (Fsp3) is 0.333. The lowest BCUT2D eigenvalue weighted by atomic mass is 10.1. The van der Waals surface area contributed by atoms with E-state index in [1.54, 1.807) is 56.3 Å². The summed E-state index contributed by atoms with van der Waals surface area (Å²) in [5.74, 6) is -1.01. The second kappa shape index (κ2) is 13.9. The van der Waals surface area contributed by atoms with E-state index < -0.39 is 28.5 Å². The van der Waals surface area contributed by atoms with Gasteiger partial charge < -0.3 is 10.2 Å². The molecule has 7 nitrogen and oxygen atoms in total. The van der Waals surface area contributed by atoms with Crippen molar-refractivity contribution in [2.75, 3.05) is 10.8 Å². The van der Waals surface area contributed by atoms with Gasteiger partial charge in [-0.2, -0.15) is 0 Å². The van der Waals surface area contributed by atoms with Crippen molar-refractivity contribution < 1.29 is 18.0 Å². The molecule has 0 fully saturated rings. The van der Waals surface area contributed by atoms with Crippen LogP contribution in [0.25, 0.3) is 0 Å². The largest absolute Gasteiger partial charge is 0.352 e.